The summed E-state index contributed by atoms with van der Waals surface area (Å²) < 4.78 is 5.42. The monoisotopic (exact) mass is 482 g/mol. The number of ether oxygens (including phenoxy) is 1. The molecule has 0 aromatic carbocycles. The van der Waals surface area contributed by atoms with E-state index in [0.29, 0.717) is 40.5 Å². The second-order valence-corrected chi connectivity index (χ2v) is 12.4. The van der Waals surface area contributed by atoms with E-state index >= 15 is 0 Å². The SMILES string of the molecule is CCOC(=O)C1=C(C)Nc2sc(C(=O)C34CC5CC(CC(C5)C3)C4)c(N)c2C1c1cccs1. The molecule has 3 N–H and O–H groups in total. The normalized spacial score (nSPS) is 31.9. The highest BCUT2D eigenvalue weighted by Gasteiger charge is 2.55. The van der Waals surface area contributed by atoms with E-state index in [4.69, 9.17) is 10.5 Å². The minimum atomic E-state index is -0.328. The Labute approximate surface area is 202 Å². The quantitative estimate of drug-likeness (QED) is 0.392. The van der Waals surface area contributed by atoms with E-state index in [9.17, 15) is 9.59 Å². The molecule has 2 aromatic heterocycles. The van der Waals surface area contributed by atoms with E-state index in [1.54, 1.807) is 11.3 Å². The Bertz CT molecular complexity index is 1130. The van der Waals surface area contributed by atoms with Crippen LogP contribution in [-0.2, 0) is 9.53 Å². The number of nitrogens with one attached hydrogen (secondary N) is 1. The lowest BCUT2D eigenvalue weighted by molar-refractivity contribution is -0.138. The van der Waals surface area contributed by atoms with Gasteiger partial charge in [-0.15, -0.1) is 22.7 Å². The van der Waals surface area contributed by atoms with E-state index in [1.165, 1.54) is 30.6 Å². The summed E-state index contributed by atoms with van der Waals surface area (Å²) in [4.78, 5) is 28.8. The van der Waals surface area contributed by atoms with Crippen LogP contribution in [0.1, 0.15) is 78.4 Å². The molecule has 0 saturated heterocycles. The number of nitrogens with two attached hydrogens (primary N) is 1. The molecule has 5 nitrogen and oxygen atoms in total. The molecule has 4 aliphatic carbocycles. The van der Waals surface area contributed by atoms with Gasteiger partial charge in [0.05, 0.1) is 33.7 Å². The Morgan fingerprint density at radius 1 is 1.18 bits per heavy atom. The minimum Gasteiger partial charge on any atom is -0.463 e. The lowest BCUT2D eigenvalue weighted by Gasteiger charge is -2.55. The molecule has 2 aromatic rings. The van der Waals surface area contributed by atoms with Crippen molar-refractivity contribution in [3.05, 3.63) is 44.1 Å². The average Bonchev–Trinajstić information content (AvgIpc) is 3.40. The van der Waals surface area contributed by atoms with Gasteiger partial charge in [0.2, 0.25) is 0 Å². The summed E-state index contributed by atoms with van der Waals surface area (Å²) in [6.45, 7) is 4.04. The summed E-state index contributed by atoms with van der Waals surface area (Å²) in [6.07, 6.45) is 6.97. The predicted octanol–water partition coefficient (Wildman–Crippen LogP) is 6.19. The molecule has 0 amide bonds. The first-order chi connectivity index (χ1) is 15.9. The molecule has 1 atom stereocenters. The molecule has 1 unspecified atom stereocenters. The molecule has 0 radical (unpaired) electrons. The Kier molecular flexibility index (Phi) is 5.00. The van der Waals surface area contributed by atoms with Gasteiger partial charge in [0, 0.05) is 21.6 Å². The second-order valence-electron chi connectivity index (χ2n) is 10.4. The molecule has 0 spiro atoms. The van der Waals surface area contributed by atoms with Crippen LogP contribution in [0, 0.1) is 23.2 Å². The van der Waals surface area contributed by atoms with Gasteiger partial charge in [0.25, 0.3) is 0 Å². The fraction of sp³-hybridized carbons (Fsp3) is 0.538. The lowest BCUT2D eigenvalue weighted by atomic mass is 9.48. The summed E-state index contributed by atoms with van der Waals surface area (Å²) in [7, 11) is 0. The van der Waals surface area contributed by atoms with Gasteiger partial charge in [-0.3, -0.25) is 4.79 Å². The zero-order valence-electron chi connectivity index (χ0n) is 19.1. The van der Waals surface area contributed by atoms with Crippen LogP contribution in [0.3, 0.4) is 0 Å². The Hall–Kier alpha value is -2.12. The van der Waals surface area contributed by atoms with Crippen LogP contribution < -0.4 is 11.1 Å². The molecule has 4 fully saturated rings. The first kappa shape index (κ1) is 21.4. The van der Waals surface area contributed by atoms with Crippen molar-refractivity contribution in [3.8, 4) is 0 Å². The molecular formula is C26H30N2O3S2. The van der Waals surface area contributed by atoms with Gasteiger partial charge < -0.3 is 15.8 Å². The molecule has 1 aliphatic heterocycles. The third-order valence-corrected chi connectivity index (χ3v) is 10.4. The number of carbonyl (C=O) groups excluding carboxylic acids is 2. The first-order valence-electron chi connectivity index (χ1n) is 12.1. The van der Waals surface area contributed by atoms with Gasteiger partial charge in [0.1, 0.15) is 0 Å². The smallest absolute Gasteiger partial charge is 0.336 e. The van der Waals surface area contributed by atoms with Crippen molar-refractivity contribution in [2.45, 2.75) is 58.3 Å². The molecule has 7 rings (SSSR count). The van der Waals surface area contributed by atoms with Crippen molar-refractivity contribution in [3.63, 3.8) is 0 Å². The zero-order valence-corrected chi connectivity index (χ0v) is 20.7. The highest BCUT2D eigenvalue weighted by Crippen LogP contribution is 2.62. The van der Waals surface area contributed by atoms with E-state index in [1.807, 2.05) is 31.4 Å². The second kappa shape index (κ2) is 7.70. The largest absolute Gasteiger partial charge is 0.463 e. The van der Waals surface area contributed by atoms with Crippen molar-refractivity contribution in [1.82, 2.24) is 0 Å². The number of ketones is 1. The van der Waals surface area contributed by atoms with Crippen LogP contribution in [0.15, 0.2) is 28.8 Å². The van der Waals surface area contributed by atoms with Crippen LogP contribution in [0.5, 0.6) is 0 Å². The van der Waals surface area contributed by atoms with Gasteiger partial charge in [-0.25, -0.2) is 4.79 Å². The summed E-state index contributed by atoms with van der Waals surface area (Å²) in [5, 5.41) is 6.31. The molecule has 7 heteroatoms. The van der Waals surface area contributed by atoms with Gasteiger partial charge >= 0.3 is 5.97 Å². The van der Waals surface area contributed by atoms with Gasteiger partial charge in [-0.2, -0.15) is 0 Å². The number of anilines is 2. The summed E-state index contributed by atoms with van der Waals surface area (Å²) >= 11 is 3.09. The third-order valence-electron chi connectivity index (χ3n) is 8.32. The number of thiophene rings is 2. The van der Waals surface area contributed by atoms with Gasteiger partial charge in [0.15, 0.2) is 5.78 Å². The van der Waals surface area contributed by atoms with Crippen molar-refractivity contribution >= 4 is 45.1 Å². The molecule has 4 bridgehead atoms. The van der Waals surface area contributed by atoms with Crippen LogP contribution in [0.25, 0.3) is 0 Å². The van der Waals surface area contributed by atoms with E-state index < -0.39 is 0 Å². The van der Waals surface area contributed by atoms with Crippen molar-refractivity contribution in [1.29, 1.82) is 0 Å². The summed E-state index contributed by atoms with van der Waals surface area (Å²) in [5.41, 5.74) is 9.34. The van der Waals surface area contributed by atoms with Crippen molar-refractivity contribution in [2.75, 3.05) is 17.7 Å². The molecule has 174 valence electrons. The number of hydrogen-bond donors (Lipinski definition) is 2. The highest BCUT2D eigenvalue weighted by molar-refractivity contribution is 7.19. The number of esters is 1. The number of allylic oxidation sites excluding steroid dienone is 1. The molecular weight excluding hydrogens is 452 g/mol. The van der Waals surface area contributed by atoms with Gasteiger partial charge in [-0.1, -0.05) is 6.07 Å². The standard InChI is InChI=1S/C26H30N2O3S2/c1-3-31-25(30)18-13(2)28-24-20(19(18)17-5-4-6-32-17)21(27)22(33-24)23(29)26-10-14-7-15(11-26)9-16(8-14)12-26/h4-6,14-16,19,28H,3,7-12,27H2,1-2H3. The zero-order chi connectivity index (χ0) is 22.9. The van der Waals surface area contributed by atoms with Crippen LogP contribution in [-0.4, -0.2) is 18.4 Å². The van der Waals surface area contributed by atoms with Gasteiger partial charge in [-0.05, 0) is 81.6 Å². The summed E-state index contributed by atoms with van der Waals surface area (Å²) in [5.74, 6) is 1.72. The molecule has 4 saturated carbocycles. The minimum absolute atomic E-state index is 0.235. The molecule has 5 aliphatic rings. The van der Waals surface area contributed by atoms with E-state index in [2.05, 4.69) is 5.32 Å². The third kappa shape index (κ3) is 3.22. The number of hydrogen-bond acceptors (Lipinski definition) is 7. The fourth-order valence-corrected chi connectivity index (χ4v) is 9.57. The lowest BCUT2D eigenvalue weighted by Crippen LogP contribution is -2.50. The average molecular weight is 483 g/mol. The first-order valence-corrected chi connectivity index (χ1v) is 13.7. The Balaban J connectivity index is 1.43. The molecule has 3 heterocycles. The Morgan fingerprint density at radius 3 is 2.42 bits per heavy atom. The van der Waals surface area contributed by atoms with E-state index in [0.717, 1.165) is 40.4 Å². The maximum atomic E-state index is 14.1. The van der Waals surface area contributed by atoms with Crippen LogP contribution in [0.2, 0.25) is 0 Å². The fourth-order valence-electron chi connectivity index (χ4n) is 7.45. The number of rotatable bonds is 5. The topological polar surface area (TPSA) is 81.4 Å². The highest BCUT2D eigenvalue weighted by atomic mass is 32.1. The Morgan fingerprint density at radius 2 is 1.85 bits per heavy atom. The molecule has 33 heavy (non-hydrogen) atoms. The van der Waals surface area contributed by atoms with E-state index in [-0.39, 0.29) is 23.1 Å². The van der Waals surface area contributed by atoms with Crippen molar-refractivity contribution < 1.29 is 14.3 Å². The van der Waals surface area contributed by atoms with Crippen LogP contribution in [0.4, 0.5) is 10.7 Å². The maximum absolute atomic E-state index is 14.1. The van der Waals surface area contributed by atoms with Crippen LogP contribution >= 0.6 is 22.7 Å². The van der Waals surface area contributed by atoms with Crippen molar-refractivity contribution in [2.24, 2.45) is 23.2 Å². The predicted molar refractivity (Wildman–Crippen MR) is 133 cm³/mol. The summed E-state index contributed by atoms with van der Waals surface area (Å²) in [6, 6.07) is 4.03. The number of carbonyl (C=O) groups is 2. The number of nitrogen functional groups attached to an aromatic ring is 1. The maximum Gasteiger partial charge on any atom is 0.336 e. The number of fused-ring (bicyclic) bond motifs is 1. The number of Topliss-reactive ketones (excluding diaryl/α,β-unsaturated/α-hetero) is 1.